The molecule has 3 atom stereocenters. The largest absolute Gasteiger partial charge is 0.454 e. The molecule has 1 saturated heterocycles. The Labute approximate surface area is 214 Å². The van der Waals surface area contributed by atoms with E-state index in [2.05, 4.69) is 32.9 Å². The Balaban J connectivity index is 1.12. The number of anilines is 1. The minimum atomic E-state index is -0.306. The predicted octanol–water partition coefficient (Wildman–Crippen LogP) is 3.19. The highest BCUT2D eigenvalue weighted by atomic mass is 32.2. The number of amidine groups is 1. The molecule has 0 aromatic heterocycles. The lowest BCUT2D eigenvalue weighted by Crippen LogP contribution is -2.67. The van der Waals surface area contributed by atoms with E-state index in [1.807, 2.05) is 23.1 Å². The summed E-state index contributed by atoms with van der Waals surface area (Å²) in [5, 5.41) is 8.28. The van der Waals surface area contributed by atoms with E-state index in [-0.39, 0.29) is 42.6 Å². The number of ether oxygens (including phenoxy) is 2. The summed E-state index contributed by atoms with van der Waals surface area (Å²) >= 11 is 1.40. The first-order valence-corrected chi connectivity index (χ1v) is 13.4. The fourth-order valence-electron chi connectivity index (χ4n) is 5.48. The molecule has 2 amide bonds. The maximum Gasteiger partial charge on any atom is 0.234 e. The summed E-state index contributed by atoms with van der Waals surface area (Å²) in [6.45, 7) is 0.817. The average molecular weight is 508 g/mol. The van der Waals surface area contributed by atoms with Crippen molar-refractivity contribution in [1.82, 2.24) is 15.2 Å². The first kappa shape index (κ1) is 23.0. The molecule has 3 heterocycles. The molecule has 3 aliphatic heterocycles. The minimum Gasteiger partial charge on any atom is -0.454 e. The van der Waals surface area contributed by atoms with E-state index in [1.54, 1.807) is 18.2 Å². The van der Waals surface area contributed by atoms with Crippen LogP contribution in [-0.2, 0) is 16.0 Å². The third-order valence-electron chi connectivity index (χ3n) is 7.22. The van der Waals surface area contributed by atoms with Gasteiger partial charge < -0.3 is 24.6 Å². The number of rotatable bonds is 6. The summed E-state index contributed by atoms with van der Waals surface area (Å²) in [5.74, 6) is 1.58. The second-order valence-electron chi connectivity index (χ2n) is 9.43. The smallest absolute Gasteiger partial charge is 0.234 e. The van der Waals surface area contributed by atoms with E-state index < -0.39 is 0 Å². The fourth-order valence-corrected chi connectivity index (χ4v) is 6.32. The zero-order chi connectivity index (χ0) is 24.5. The number of hydrogen-bond acceptors (Lipinski definition) is 8. The van der Waals surface area contributed by atoms with Crippen molar-refractivity contribution in [2.75, 3.05) is 24.4 Å². The normalized spacial score (nSPS) is 24.1. The SMILES string of the molecule is O=C(CSC1=NNC2N(CCc3ccccc3)C(=O)C3CCCCC3N12)Nc1ccc2c(c1)OCO2. The molecule has 2 N–H and O–H groups in total. The predicted molar refractivity (Wildman–Crippen MR) is 137 cm³/mol. The van der Waals surface area contributed by atoms with Crippen LogP contribution in [0.25, 0.3) is 0 Å². The monoisotopic (exact) mass is 507 g/mol. The molecule has 1 aliphatic carbocycles. The van der Waals surface area contributed by atoms with Crippen LogP contribution >= 0.6 is 11.8 Å². The number of nitrogens with one attached hydrogen (secondary N) is 2. The molecule has 0 bridgehead atoms. The number of thioether (sulfide) groups is 1. The summed E-state index contributed by atoms with van der Waals surface area (Å²) in [5.41, 5.74) is 5.07. The van der Waals surface area contributed by atoms with E-state index in [0.717, 1.165) is 37.3 Å². The van der Waals surface area contributed by atoms with Gasteiger partial charge in [-0.15, -0.1) is 0 Å². The van der Waals surface area contributed by atoms with Gasteiger partial charge in [0.15, 0.2) is 23.0 Å². The van der Waals surface area contributed by atoms with Gasteiger partial charge in [-0.2, -0.15) is 5.10 Å². The summed E-state index contributed by atoms with van der Waals surface area (Å²) in [4.78, 5) is 30.4. The molecule has 0 radical (unpaired) electrons. The van der Waals surface area contributed by atoms with Crippen LogP contribution in [0.3, 0.4) is 0 Å². The Morgan fingerprint density at radius 3 is 2.83 bits per heavy atom. The van der Waals surface area contributed by atoms with Gasteiger partial charge in [0, 0.05) is 24.3 Å². The van der Waals surface area contributed by atoms with E-state index in [4.69, 9.17) is 9.47 Å². The lowest BCUT2D eigenvalue weighted by molar-refractivity contribution is -0.155. The van der Waals surface area contributed by atoms with Gasteiger partial charge in [0.2, 0.25) is 18.6 Å². The van der Waals surface area contributed by atoms with Crippen LogP contribution in [0.5, 0.6) is 11.5 Å². The van der Waals surface area contributed by atoms with Crippen LogP contribution in [0, 0.1) is 5.92 Å². The Morgan fingerprint density at radius 2 is 1.94 bits per heavy atom. The van der Waals surface area contributed by atoms with Gasteiger partial charge in [-0.25, -0.2) is 0 Å². The van der Waals surface area contributed by atoms with Gasteiger partial charge in [0.05, 0.1) is 11.7 Å². The maximum atomic E-state index is 13.5. The van der Waals surface area contributed by atoms with Crippen molar-refractivity contribution in [1.29, 1.82) is 0 Å². The van der Waals surface area contributed by atoms with E-state index >= 15 is 0 Å². The van der Waals surface area contributed by atoms with Crippen LogP contribution in [-0.4, -0.2) is 58.2 Å². The standard InChI is InChI=1S/C26H29N5O4S/c32-23(27-18-10-11-21-22(14-18)35-16-34-21)15-36-26-29-28-25-30(13-12-17-6-2-1-3-7-17)24(33)19-8-4-5-9-20(19)31(25)26/h1-3,6-7,10-11,14,19-20,25,28H,4-5,8-9,12-13,15-16H2,(H,27,32). The maximum absolute atomic E-state index is 13.5. The quantitative estimate of drug-likeness (QED) is 0.620. The van der Waals surface area contributed by atoms with E-state index in [9.17, 15) is 9.59 Å². The number of carbonyl (C=O) groups is 2. The van der Waals surface area contributed by atoms with Crippen LogP contribution in [0.4, 0.5) is 5.69 Å². The number of fused-ring (bicyclic) bond motifs is 4. The Bertz CT molecular complexity index is 1180. The first-order chi connectivity index (χ1) is 17.7. The molecule has 9 nitrogen and oxygen atoms in total. The van der Waals surface area contributed by atoms with Crippen molar-refractivity contribution in [3.8, 4) is 11.5 Å². The zero-order valence-electron chi connectivity index (χ0n) is 19.9. The topological polar surface area (TPSA) is 95.5 Å². The summed E-state index contributed by atoms with van der Waals surface area (Å²) in [6.07, 6.45) is 4.52. The van der Waals surface area contributed by atoms with Crippen LogP contribution in [0.1, 0.15) is 31.2 Å². The lowest BCUT2D eigenvalue weighted by atomic mass is 9.81. The highest BCUT2D eigenvalue weighted by molar-refractivity contribution is 8.14. The van der Waals surface area contributed by atoms with Gasteiger partial charge in [-0.1, -0.05) is 54.9 Å². The molecular weight excluding hydrogens is 478 g/mol. The Morgan fingerprint density at radius 1 is 1.11 bits per heavy atom. The molecule has 1 saturated carbocycles. The number of amides is 2. The third kappa shape index (κ3) is 4.45. The van der Waals surface area contributed by atoms with Crippen molar-refractivity contribution >= 4 is 34.4 Å². The van der Waals surface area contributed by atoms with Crippen molar-refractivity contribution < 1.29 is 19.1 Å². The Kier molecular flexibility index (Phi) is 6.35. The van der Waals surface area contributed by atoms with Gasteiger partial charge in [-0.3, -0.25) is 15.0 Å². The third-order valence-corrected chi connectivity index (χ3v) is 8.18. The van der Waals surface area contributed by atoms with Gasteiger partial charge in [0.25, 0.3) is 0 Å². The first-order valence-electron chi connectivity index (χ1n) is 12.5. The molecule has 4 aliphatic rings. The number of benzene rings is 2. The summed E-state index contributed by atoms with van der Waals surface area (Å²) in [6, 6.07) is 15.7. The zero-order valence-corrected chi connectivity index (χ0v) is 20.7. The molecule has 2 fully saturated rings. The second kappa shape index (κ2) is 9.93. The lowest BCUT2D eigenvalue weighted by Gasteiger charge is -2.50. The number of hydrogen-bond donors (Lipinski definition) is 2. The molecule has 3 unspecified atom stereocenters. The van der Waals surface area contributed by atoms with Crippen molar-refractivity contribution in [2.45, 2.75) is 44.4 Å². The van der Waals surface area contributed by atoms with Crippen molar-refractivity contribution in [3.63, 3.8) is 0 Å². The molecule has 188 valence electrons. The number of nitrogens with zero attached hydrogens (tertiary/aromatic N) is 3. The molecule has 6 rings (SSSR count). The van der Waals surface area contributed by atoms with Crippen LogP contribution in [0.15, 0.2) is 53.6 Å². The van der Waals surface area contributed by atoms with Crippen LogP contribution in [0.2, 0.25) is 0 Å². The van der Waals surface area contributed by atoms with Gasteiger partial charge in [-0.05, 0) is 37.0 Å². The molecule has 36 heavy (non-hydrogen) atoms. The Hall–Kier alpha value is -3.40. The van der Waals surface area contributed by atoms with E-state index in [0.29, 0.717) is 23.7 Å². The number of carbonyl (C=O) groups excluding carboxylic acids is 2. The summed E-state index contributed by atoms with van der Waals surface area (Å²) in [7, 11) is 0. The molecule has 2 aromatic rings. The van der Waals surface area contributed by atoms with Crippen molar-refractivity contribution in [3.05, 3.63) is 54.1 Å². The average Bonchev–Trinajstić information content (AvgIpc) is 3.55. The molecule has 2 aromatic carbocycles. The molecular formula is C26H29N5O4S. The molecule has 10 heteroatoms. The minimum absolute atomic E-state index is 0.0288. The van der Waals surface area contributed by atoms with Crippen molar-refractivity contribution in [2.24, 2.45) is 11.0 Å². The van der Waals surface area contributed by atoms with Gasteiger partial charge >= 0.3 is 0 Å². The van der Waals surface area contributed by atoms with Gasteiger partial charge in [0.1, 0.15) is 0 Å². The fraction of sp³-hybridized carbons (Fsp3) is 0.423. The second-order valence-corrected chi connectivity index (χ2v) is 10.4. The highest BCUT2D eigenvalue weighted by Gasteiger charge is 2.50. The summed E-state index contributed by atoms with van der Waals surface area (Å²) < 4.78 is 10.7. The van der Waals surface area contributed by atoms with E-state index in [1.165, 1.54) is 17.3 Å². The molecule has 0 spiro atoms. The van der Waals surface area contributed by atoms with Crippen LogP contribution < -0.4 is 20.2 Å². The highest BCUT2D eigenvalue weighted by Crippen LogP contribution is 2.39. The number of hydrazone groups is 1.